The highest BCUT2D eigenvalue weighted by Gasteiger charge is 2.35. The summed E-state index contributed by atoms with van der Waals surface area (Å²) in [6.07, 6.45) is 8.01. The fraction of sp³-hybridized carbons (Fsp3) is 0.667. The van der Waals surface area contributed by atoms with Gasteiger partial charge in [0.15, 0.2) is 0 Å². The van der Waals surface area contributed by atoms with Crippen molar-refractivity contribution < 1.29 is 0 Å². The van der Waals surface area contributed by atoms with E-state index in [9.17, 15) is 0 Å². The van der Waals surface area contributed by atoms with E-state index in [1.54, 1.807) is 11.1 Å². The number of aryl methyl sites for hydroxylation is 1. The number of nitrogens with one attached hydrogen (secondary N) is 1. The average Bonchev–Trinajstić information content (AvgIpc) is 2.39. The quantitative estimate of drug-likeness (QED) is 0.803. The number of hydrogen-bond acceptors (Lipinski definition) is 1. The molecule has 19 heavy (non-hydrogen) atoms. The van der Waals surface area contributed by atoms with Crippen LogP contribution in [0.4, 0.5) is 0 Å². The summed E-state index contributed by atoms with van der Waals surface area (Å²) in [7, 11) is 2.10. The van der Waals surface area contributed by atoms with E-state index in [0.717, 1.165) is 12.5 Å². The number of benzene rings is 1. The van der Waals surface area contributed by atoms with Crippen molar-refractivity contribution >= 4 is 0 Å². The van der Waals surface area contributed by atoms with Gasteiger partial charge in [-0.1, -0.05) is 51.0 Å². The third kappa shape index (κ3) is 3.39. The molecule has 0 saturated carbocycles. The van der Waals surface area contributed by atoms with Gasteiger partial charge in [-0.3, -0.25) is 0 Å². The van der Waals surface area contributed by atoms with Gasteiger partial charge in [0, 0.05) is 12.0 Å². The summed E-state index contributed by atoms with van der Waals surface area (Å²) in [5, 5.41) is 3.46. The fourth-order valence-electron chi connectivity index (χ4n) is 3.73. The monoisotopic (exact) mass is 259 g/mol. The molecule has 0 aromatic heterocycles. The van der Waals surface area contributed by atoms with E-state index in [4.69, 9.17) is 0 Å². The van der Waals surface area contributed by atoms with E-state index in [-0.39, 0.29) is 0 Å². The molecular formula is C18H29N. The number of rotatable bonds is 6. The molecule has 1 heteroatoms. The van der Waals surface area contributed by atoms with Crippen LogP contribution in [-0.2, 0) is 11.8 Å². The summed E-state index contributed by atoms with van der Waals surface area (Å²) < 4.78 is 0. The highest BCUT2D eigenvalue weighted by atomic mass is 14.8. The first-order valence-electron chi connectivity index (χ1n) is 7.91. The minimum Gasteiger partial charge on any atom is -0.319 e. The van der Waals surface area contributed by atoms with Crippen molar-refractivity contribution in [2.75, 3.05) is 13.6 Å². The van der Waals surface area contributed by atoms with Crippen LogP contribution in [-0.4, -0.2) is 13.6 Å². The molecule has 0 bridgehead atoms. The Morgan fingerprint density at radius 2 is 2.05 bits per heavy atom. The summed E-state index contributed by atoms with van der Waals surface area (Å²) in [5.41, 5.74) is 3.60. The average molecular weight is 259 g/mol. The molecule has 0 saturated heterocycles. The van der Waals surface area contributed by atoms with Crippen molar-refractivity contribution in [1.82, 2.24) is 5.32 Å². The Labute approximate surface area is 118 Å². The SMILES string of the molecule is CNCC1(CCCC(C)C)CCCc2ccccc21. The van der Waals surface area contributed by atoms with Gasteiger partial charge >= 0.3 is 0 Å². The Balaban J connectivity index is 2.19. The predicted molar refractivity (Wildman–Crippen MR) is 83.7 cm³/mol. The maximum absolute atomic E-state index is 3.46. The smallest absolute Gasteiger partial charge is 0.00805 e. The molecule has 1 atom stereocenters. The summed E-state index contributed by atoms with van der Waals surface area (Å²) in [6.45, 7) is 5.79. The molecule has 1 aromatic rings. The van der Waals surface area contributed by atoms with Gasteiger partial charge < -0.3 is 5.32 Å². The minimum atomic E-state index is 0.387. The van der Waals surface area contributed by atoms with Gasteiger partial charge in [-0.15, -0.1) is 0 Å². The van der Waals surface area contributed by atoms with Gasteiger partial charge in [0.2, 0.25) is 0 Å². The van der Waals surface area contributed by atoms with Gasteiger partial charge in [-0.05, 0) is 49.8 Å². The zero-order chi connectivity index (χ0) is 13.7. The van der Waals surface area contributed by atoms with E-state index in [0.29, 0.717) is 5.41 Å². The third-order valence-electron chi connectivity index (χ3n) is 4.64. The van der Waals surface area contributed by atoms with Gasteiger partial charge in [-0.25, -0.2) is 0 Å². The van der Waals surface area contributed by atoms with E-state index >= 15 is 0 Å². The lowest BCUT2D eigenvalue weighted by atomic mass is 9.67. The number of fused-ring (bicyclic) bond motifs is 1. The van der Waals surface area contributed by atoms with Crippen molar-refractivity contribution in [3.63, 3.8) is 0 Å². The van der Waals surface area contributed by atoms with Crippen LogP contribution < -0.4 is 5.32 Å². The predicted octanol–water partition coefficient (Wildman–Crippen LogP) is 4.31. The van der Waals surface area contributed by atoms with Crippen LogP contribution in [0.5, 0.6) is 0 Å². The maximum Gasteiger partial charge on any atom is 0.00805 e. The molecule has 0 heterocycles. The second-order valence-electron chi connectivity index (χ2n) is 6.61. The molecule has 106 valence electrons. The molecule has 1 nitrogen and oxygen atoms in total. The number of hydrogen-bond donors (Lipinski definition) is 1. The van der Waals surface area contributed by atoms with Crippen molar-refractivity contribution in [2.45, 2.75) is 57.8 Å². The lowest BCUT2D eigenvalue weighted by molar-refractivity contribution is 0.307. The summed E-state index contributed by atoms with van der Waals surface area (Å²) in [4.78, 5) is 0. The molecule has 2 rings (SSSR count). The Morgan fingerprint density at radius 3 is 2.79 bits per heavy atom. The lowest BCUT2D eigenvalue weighted by Gasteiger charge is -2.39. The molecule has 0 amide bonds. The van der Waals surface area contributed by atoms with E-state index < -0.39 is 0 Å². The Kier molecular flexibility index (Phi) is 5.04. The van der Waals surface area contributed by atoms with E-state index in [1.807, 2.05) is 0 Å². The third-order valence-corrected chi connectivity index (χ3v) is 4.64. The highest BCUT2D eigenvalue weighted by Crippen LogP contribution is 2.41. The van der Waals surface area contributed by atoms with E-state index in [2.05, 4.69) is 50.5 Å². The standard InChI is InChI=1S/C18H29N/c1-15(2)8-6-12-18(14-19-3)13-7-10-16-9-4-5-11-17(16)18/h4-5,9,11,15,19H,6-8,10,12-14H2,1-3H3. The highest BCUT2D eigenvalue weighted by molar-refractivity contribution is 5.37. The molecule has 0 spiro atoms. The van der Waals surface area contributed by atoms with Crippen molar-refractivity contribution in [2.24, 2.45) is 5.92 Å². The molecule has 1 aliphatic carbocycles. The fourth-order valence-corrected chi connectivity index (χ4v) is 3.73. The molecule has 0 radical (unpaired) electrons. The molecule has 1 aliphatic rings. The summed E-state index contributed by atoms with van der Waals surface area (Å²) in [5.74, 6) is 0.825. The first-order valence-corrected chi connectivity index (χ1v) is 7.91. The second-order valence-corrected chi connectivity index (χ2v) is 6.61. The van der Waals surface area contributed by atoms with Crippen LogP contribution in [0.25, 0.3) is 0 Å². The molecule has 0 fully saturated rings. The van der Waals surface area contributed by atoms with Crippen LogP contribution in [0.3, 0.4) is 0 Å². The lowest BCUT2D eigenvalue weighted by Crippen LogP contribution is -2.40. The van der Waals surface area contributed by atoms with Crippen LogP contribution in [0.1, 0.15) is 57.1 Å². The summed E-state index contributed by atoms with van der Waals surface area (Å²) in [6, 6.07) is 9.13. The summed E-state index contributed by atoms with van der Waals surface area (Å²) >= 11 is 0. The largest absolute Gasteiger partial charge is 0.319 e. The van der Waals surface area contributed by atoms with Crippen molar-refractivity contribution in [3.8, 4) is 0 Å². The molecule has 1 unspecified atom stereocenters. The van der Waals surface area contributed by atoms with Crippen LogP contribution in [0.2, 0.25) is 0 Å². The molecule has 1 N–H and O–H groups in total. The molecular weight excluding hydrogens is 230 g/mol. The first-order chi connectivity index (χ1) is 9.18. The van der Waals surface area contributed by atoms with Crippen molar-refractivity contribution in [3.05, 3.63) is 35.4 Å². The minimum absolute atomic E-state index is 0.387. The number of likely N-dealkylation sites (N-methyl/N-ethyl adjacent to an activating group) is 1. The first kappa shape index (κ1) is 14.6. The Hall–Kier alpha value is -0.820. The zero-order valence-electron chi connectivity index (χ0n) is 12.8. The molecule has 1 aromatic carbocycles. The van der Waals surface area contributed by atoms with Crippen LogP contribution in [0.15, 0.2) is 24.3 Å². The van der Waals surface area contributed by atoms with Gasteiger partial charge in [-0.2, -0.15) is 0 Å². The Morgan fingerprint density at radius 1 is 1.26 bits per heavy atom. The van der Waals surface area contributed by atoms with Crippen LogP contribution in [0, 0.1) is 5.92 Å². The van der Waals surface area contributed by atoms with Crippen molar-refractivity contribution in [1.29, 1.82) is 0 Å². The van der Waals surface area contributed by atoms with Gasteiger partial charge in [0.05, 0.1) is 0 Å². The van der Waals surface area contributed by atoms with Gasteiger partial charge in [0.1, 0.15) is 0 Å². The molecule has 0 aliphatic heterocycles. The maximum atomic E-state index is 3.46. The van der Waals surface area contributed by atoms with Crippen LogP contribution >= 0.6 is 0 Å². The Bertz CT molecular complexity index is 396. The zero-order valence-corrected chi connectivity index (χ0v) is 12.8. The normalized spacial score (nSPS) is 22.5. The topological polar surface area (TPSA) is 12.0 Å². The van der Waals surface area contributed by atoms with Gasteiger partial charge in [0.25, 0.3) is 0 Å². The van der Waals surface area contributed by atoms with E-state index in [1.165, 1.54) is 38.5 Å². The second kappa shape index (κ2) is 6.56.